The van der Waals surface area contributed by atoms with E-state index in [1.54, 1.807) is 12.4 Å². The van der Waals surface area contributed by atoms with Crippen LogP contribution in [-0.2, 0) is 0 Å². The van der Waals surface area contributed by atoms with Gasteiger partial charge in [-0.3, -0.25) is 9.97 Å². The topological polar surface area (TPSA) is 37.8 Å². The van der Waals surface area contributed by atoms with Crippen LogP contribution in [0.25, 0.3) is 0 Å². The Bertz CT molecular complexity index is 334. The van der Waals surface area contributed by atoms with E-state index in [1.165, 1.54) is 25.7 Å². The molecule has 3 nitrogen and oxygen atoms in total. The van der Waals surface area contributed by atoms with Crippen molar-refractivity contribution in [3.63, 3.8) is 0 Å². The second kappa shape index (κ2) is 5.39. The molecule has 1 saturated carbocycles. The molecule has 1 atom stereocenters. The van der Waals surface area contributed by atoms with Gasteiger partial charge in [0.05, 0.1) is 11.4 Å². The predicted molar refractivity (Wildman–Crippen MR) is 65.1 cm³/mol. The maximum atomic E-state index is 4.39. The van der Waals surface area contributed by atoms with Crippen LogP contribution in [0.1, 0.15) is 50.0 Å². The summed E-state index contributed by atoms with van der Waals surface area (Å²) in [7, 11) is 0. The van der Waals surface area contributed by atoms with Gasteiger partial charge in [-0.05, 0) is 32.7 Å². The lowest BCUT2D eigenvalue weighted by molar-refractivity contribution is 0.288. The van der Waals surface area contributed by atoms with E-state index in [4.69, 9.17) is 0 Å². The molecule has 1 heterocycles. The molecule has 0 bridgehead atoms. The van der Waals surface area contributed by atoms with Crippen LogP contribution in [0.2, 0.25) is 0 Å². The minimum Gasteiger partial charge on any atom is -0.309 e. The molecular weight excluding hydrogens is 198 g/mol. The molecule has 0 radical (unpaired) electrons. The first-order valence-corrected chi connectivity index (χ1v) is 6.28. The van der Waals surface area contributed by atoms with Crippen LogP contribution in [0.15, 0.2) is 12.4 Å². The van der Waals surface area contributed by atoms with Crippen molar-refractivity contribution in [2.75, 3.05) is 6.54 Å². The molecule has 0 aromatic carbocycles. The molecule has 0 saturated heterocycles. The molecule has 1 fully saturated rings. The number of rotatable bonds is 5. The van der Waals surface area contributed by atoms with E-state index in [9.17, 15) is 0 Å². The van der Waals surface area contributed by atoms with Crippen molar-refractivity contribution in [3.8, 4) is 0 Å². The minimum atomic E-state index is 0.314. The molecule has 0 amide bonds. The van der Waals surface area contributed by atoms with E-state index in [-0.39, 0.29) is 0 Å². The third-order valence-corrected chi connectivity index (χ3v) is 3.56. The molecule has 0 spiro atoms. The van der Waals surface area contributed by atoms with Crippen molar-refractivity contribution in [3.05, 3.63) is 23.8 Å². The highest BCUT2D eigenvalue weighted by atomic mass is 14.9. The Morgan fingerprint density at radius 3 is 2.75 bits per heavy atom. The molecule has 1 N–H and O–H groups in total. The number of nitrogens with zero attached hydrogens (tertiary/aromatic N) is 2. The van der Waals surface area contributed by atoms with Gasteiger partial charge in [0, 0.05) is 18.4 Å². The van der Waals surface area contributed by atoms with Gasteiger partial charge in [0.1, 0.15) is 0 Å². The molecule has 16 heavy (non-hydrogen) atoms. The summed E-state index contributed by atoms with van der Waals surface area (Å²) in [5, 5.41) is 3.54. The van der Waals surface area contributed by atoms with Crippen molar-refractivity contribution in [2.24, 2.45) is 5.92 Å². The molecule has 88 valence electrons. The molecule has 1 aliphatic carbocycles. The van der Waals surface area contributed by atoms with E-state index in [1.807, 2.05) is 6.92 Å². The molecule has 1 aromatic rings. The number of aromatic nitrogens is 2. The van der Waals surface area contributed by atoms with Gasteiger partial charge in [-0.25, -0.2) is 0 Å². The Labute approximate surface area is 97.7 Å². The van der Waals surface area contributed by atoms with E-state index in [0.29, 0.717) is 6.04 Å². The van der Waals surface area contributed by atoms with Gasteiger partial charge < -0.3 is 5.32 Å². The summed E-state index contributed by atoms with van der Waals surface area (Å²) in [5.74, 6) is 0.975. The van der Waals surface area contributed by atoms with Gasteiger partial charge in [0.2, 0.25) is 0 Å². The molecule has 1 aromatic heterocycles. The second-order valence-corrected chi connectivity index (χ2v) is 4.79. The van der Waals surface area contributed by atoms with Gasteiger partial charge in [-0.1, -0.05) is 19.3 Å². The van der Waals surface area contributed by atoms with Crippen LogP contribution in [0.4, 0.5) is 0 Å². The van der Waals surface area contributed by atoms with Crippen LogP contribution in [0.5, 0.6) is 0 Å². The van der Waals surface area contributed by atoms with Gasteiger partial charge in [0.15, 0.2) is 0 Å². The summed E-state index contributed by atoms with van der Waals surface area (Å²) >= 11 is 0. The first-order chi connectivity index (χ1) is 7.77. The lowest BCUT2D eigenvalue weighted by atomic mass is 9.83. The molecule has 2 rings (SSSR count). The fourth-order valence-corrected chi connectivity index (χ4v) is 2.23. The van der Waals surface area contributed by atoms with Gasteiger partial charge in [0.25, 0.3) is 0 Å². The van der Waals surface area contributed by atoms with Crippen LogP contribution in [-0.4, -0.2) is 16.5 Å². The minimum absolute atomic E-state index is 0.314. The maximum absolute atomic E-state index is 4.39. The Kier molecular flexibility index (Phi) is 3.88. The molecule has 0 aliphatic heterocycles. The molecule has 3 heteroatoms. The molecule has 1 unspecified atom stereocenters. The lowest BCUT2D eigenvalue weighted by Gasteiger charge is -2.26. The normalized spacial score (nSPS) is 18.1. The average molecular weight is 219 g/mol. The zero-order valence-electron chi connectivity index (χ0n) is 10.2. The fourth-order valence-electron chi connectivity index (χ4n) is 2.23. The van der Waals surface area contributed by atoms with E-state index < -0.39 is 0 Å². The summed E-state index contributed by atoms with van der Waals surface area (Å²) in [6, 6.07) is 0.314. The van der Waals surface area contributed by atoms with Crippen molar-refractivity contribution in [1.29, 1.82) is 0 Å². The van der Waals surface area contributed by atoms with Gasteiger partial charge in [-0.15, -0.1) is 0 Å². The fraction of sp³-hybridized carbons (Fsp3) is 0.692. The van der Waals surface area contributed by atoms with Crippen LogP contribution in [0, 0.1) is 12.8 Å². The Balaban J connectivity index is 1.78. The van der Waals surface area contributed by atoms with E-state index in [2.05, 4.69) is 22.2 Å². The van der Waals surface area contributed by atoms with Gasteiger partial charge >= 0.3 is 0 Å². The Hall–Kier alpha value is -0.960. The highest BCUT2D eigenvalue weighted by Crippen LogP contribution is 2.29. The third-order valence-electron chi connectivity index (χ3n) is 3.56. The highest BCUT2D eigenvalue weighted by molar-refractivity contribution is 5.12. The zero-order chi connectivity index (χ0) is 11.4. The maximum Gasteiger partial charge on any atom is 0.0782 e. The summed E-state index contributed by atoms with van der Waals surface area (Å²) in [6.45, 7) is 5.28. The van der Waals surface area contributed by atoms with Crippen molar-refractivity contribution >= 4 is 0 Å². The summed E-state index contributed by atoms with van der Waals surface area (Å²) in [4.78, 5) is 8.65. The molecule has 1 aliphatic rings. The number of hydrogen-bond donors (Lipinski definition) is 1. The smallest absolute Gasteiger partial charge is 0.0782 e. The summed E-state index contributed by atoms with van der Waals surface area (Å²) < 4.78 is 0. The third kappa shape index (κ3) is 2.79. The average Bonchev–Trinajstić information content (AvgIpc) is 2.22. The number of nitrogens with one attached hydrogen (secondary N) is 1. The van der Waals surface area contributed by atoms with Crippen molar-refractivity contribution < 1.29 is 0 Å². The Morgan fingerprint density at radius 2 is 2.12 bits per heavy atom. The lowest BCUT2D eigenvalue weighted by Crippen LogP contribution is -2.25. The quantitative estimate of drug-likeness (QED) is 0.827. The van der Waals surface area contributed by atoms with Crippen LogP contribution < -0.4 is 5.32 Å². The van der Waals surface area contributed by atoms with Crippen LogP contribution in [0.3, 0.4) is 0 Å². The largest absolute Gasteiger partial charge is 0.309 e. The van der Waals surface area contributed by atoms with Crippen molar-refractivity contribution in [1.82, 2.24) is 15.3 Å². The second-order valence-electron chi connectivity index (χ2n) is 4.79. The van der Waals surface area contributed by atoms with E-state index in [0.717, 1.165) is 23.9 Å². The predicted octanol–water partition coefficient (Wildman–Crippen LogP) is 2.63. The highest BCUT2D eigenvalue weighted by Gasteiger charge is 2.17. The van der Waals surface area contributed by atoms with Crippen molar-refractivity contribution in [2.45, 2.75) is 45.6 Å². The first-order valence-electron chi connectivity index (χ1n) is 6.28. The van der Waals surface area contributed by atoms with Crippen LogP contribution >= 0.6 is 0 Å². The summed E-state index contributed by atoms with van der Waals surface area (Å²) in [6.07, 6.45) is 9.12. The monoisotopic (exact) mass is 219 g/mol. The summed E-state index contributed by atoms with van der Waals surface area (Å²) in [5.41, 5.74) is 2.11. The Morgan fingerprint density at radius 1 is 1.38 bits per heavy atom. The first kappa shape index (κ1) is 11.5. The zero-order valence-corrected chi connectivity index (χ0v) is 10.2. The standard InChI is InChI=1S/C13H21N3/c1-10(13-11(2)15-8-9-16-13)14-7-6-12-4-3-5-12/h8-10,12,14H,3-7H2,1-2H3. The molecular formula is C13H21N3. The van der Waals surface area contributed by atoms with E-state index >= 15 is 0 Å². The SMILES string of the molecule is Cc1nccnc1C(C)NCCC1CCC1. The van der Waals surface area contributed by atoms with Gasteiger partial charge in [-0.2, -0.15) is 0 Å². The number of aryl methyl sites for hydroxylation is 1. The number of hydrogen-bond acceptors (Lipinski definition) is 3.